The van der Waals surface area contributed by atoms with Crippen molar-refractivity contribution in [3.63, 3.8) is 0 Å². The molecule has 21 heavy (non-hydrogen) atoms. The fraction of sp³-hybridized carbons (Fsp3) is 0.357. The van der Waals surface area contributed by atoms with Gasteiger partial charge < -0.3 is 21.5 Å². The van der Waals surface area contributed by atoms with Gasteiger partial charge in [-0.1, -0.05) is 12.1 Å². The summed E-state index contributed by atoms with van der Waals surface area (Å²) < 4.78 is 0. The minimum absolute atomic E-state index is 0.206. The van der Waals surface area contributed by atoms with Crippen molar-refractivity contribution in [1.82, 2.24) is 10.6 Å². The molecular weight excluding hydrogens is 274 g/mol. The van der Waals surface area contributed by atoms with Gasteiger partial charge in [-0.25, -0.2) is 9.59 Å². The molecule has 0 spiro atoms. The van der Waals surface area contributed by atoms with Crippen molar-refractivity contribution in [3.8, 4) is 0 Å². The molecule has 0 radical (unpaired) electrons. The fourth-order valence-electron chi connectivity index (χ4n) is 1.64. The molecule has 7 heteroatoms. The Balaban J connectivity index is 2.20. The largest absolute Gasteiger partial charge is 0.478 e. The summed E-state index contributed by atoms with van der Waals surface area (Å²) in [5.74, 6) is -1.33. The minimum atomic E-state index is -0.983. The average Bonchev–Trinajstić information content (AvgIpc) is 2.44. The van der Waals surface area contributed by atoms with Gasteiger partial charge >= 0.3 is 12.0 Å². The van der Waals surface area contributed by atoms with Gasteiger partial charge in [-0.05, 0) is 30.5 Å². The first-order chi connectivity index (χ1) is 9.99. The number of rotatable bonds is 8. The third-order valence-electron chi connectivity index (χ3n) is 2.79. The zero-order valence-corrected chi connectivity index (χ0v) is 11.6. The number of carbonyl (C=O) groups excluding carboxylic acids is 2. The van der Waals surface area contributed by atoms with E-state index in [-0.39, 0.29) is 17.5 Å². The topological polar surface area (TPSA) is 122 Å². The average molecular weight is 293 g/mol. The van der Waals surface area contributed by atoms with Crippen molar-refractivity contribution >= 4 is 17.9 Å². The molecule has 114 valence electrons. The van der Waals surface area contributed by atoms with Crippen molar-refractivity contribution in [2.45, 2.75) is 25.8 Å². The van der Waals surface area contributed by atoms with E-state index in [1.807, 2.05) is 0 Å². The molecule has 1 aromatic rings. The van der Waals surface area contributed by atoms with Gasteiger partial charge in [-0.3, -0.25) is 4.79 Å². The molecule has 1 aromatic carbocycles. The van der Waals surface area contributed by atoms with Crippen molar-refractivity contribution in [1.29, 1.82) is 0 Å². The molecule has 7 nitrogen and oxygen atoms in total. The number of hydrogen-bond donors (Lipinski definition) is 4. The highest BCUT2D eigenvalue weighted by atomic mass is 16.4. The van der Waals surface area contributed by atoms with E-state index in [4.69, 9.17) is 10.8 Å². The molecule has 0 heterocycles. The minimum Gasteiger partial charge on any atom is -0.478 e. The summed E-state index contributed by atoms with van der Waals surface area (Å²) in [6.07, 6.45) is 1.65. The highest BCUT2D eigenvalue weighted by Crippen LogP contribution is 2.04. The van der Waals surface area contributed by atoms with Gasteiger partial charge in [0.25, 0.3) is 0 Å². The molecule has 0 atom stereocenters. The summed E-state index contributed by atoms with van der Waals surface area (Å²) in [6.45, 7) is 0.782. The Morgan fingerprint density at radius 3 is 2.29 bits per heavy atom. The number of carbonyl (C=O) groups is 3. The van der Waals surface area contributed by atoms with Crippen LogP contribution < -0.4 is 16.4 Å². The Labute approximate surface area is 122 Å². The zero-order chi connectivity index (χ0) is 15.7. The molecule has 0 fully saturated rings. The van der Waals surface area contributed by atoms with Crippen molar-refractivity contribution in [2.24, 2.45) is 5.73 Å². The smallest absolute Gasteiger partial charge is 0.335 e. The molecule has 0 saturated heterocycles. The lowest BCUT2D eigenvalue weighted by Gasteiger charge is -2.07. The van der Waals surface area contributed by atoms with Gasteiger partial charge in [0.2, 0.25) is 5.91 Å². The molecule has 5 N–H and O–H groups in total. The van der Waals surface area contributed by atoms with Crippen LogP contribution in [0.15, 0.2) is 24.3 Å². The van der Waals surface area contributed by atoms with Crippen LogP contribution >= 0.6 is 0 Å². The van der Waals surface area contributed by atoms with Crippen LogP contribution in [0.1, 0.15) is 35.2 Å². The number of nitrogens with one attached hydrogen (secondary N) is 2. The Morgan fingerprint density at radius 1 is 1.05 bits per heavy atom. The maximum atomic E-state index is 11.5. The lowest BCUT2D eigenvalue weighted by Crippen LogP contribution is -2.35. The maximum Gasteiger partial charge on any atom is 0.335 e. The van der Waals surface area contributed by atoms with Crippen molar-refractivity contribution in [3.05, 3.63) is 35.4 Å². The fourth-order valence-corrected chi connectivity index (χ4v) is 1.64. The second-order valence-electron chi connectivity index (χ2n) is 4.53. The maximum absolute atomic E-state index is 11.5. The van der Waals surface area contributed by atoms with Gasteiger partial charge in [0, 0.05) is 19.5 Å². The van der Waals surface area contributed by atoms with E-state index >= 15 is 0 Å². The molecule has 0 aliphatic carbocycles. The number of carboxylic acid groups (broad SMARTS) is 1. The summed E-state index contributed by atoms with van der Waals surface area (Å²) in [6, 6.07) is 5.96. The predicted molar refractivity (Wildman–Crippen MR) is 76.7 cm³/mol. The lowest BCUT2D eigenvalue weighted by molar-refractivity contribution is -0.118. The molecule has 3 amide bonds. The van der Waals surface area contributed by atoms with Crippen LogP contribution in [-0.4, -0.2) is 29.6 Å². The zero-order valence-electron chi connectivity index (χ0n) is 11.6. The molecule has 0 saturated carbocycles. The Kier molecular flexibility index (Phi) is 6.73. The van der Waals surface area contributed by atoms with Gasteiger partial charge in [0.05, 0.1) is 5.56 Å². The van der Waals surface area contributed by atoms with E-state index in [2.05, 4.69) is 10.6 Å². The van der Waals surface area contributed by atoms with E-state index in [9.17, 15) is 14.4 Å². The van der Waals surface area contributed by atoms with E-state index < -0.39 is 5.97 Å². The third kappa shape index (κ3) is 6.95. The molecule has 0 aliphatic heterocycles. The number of urea groups is 1. The highest BCUT2D eigenvalue weighted by Gasteiger charge is 2.03. The van der Waals surface area contributed by atoms with E-state index in [0.29, 0.717) is 32.4 Å². The quantitative estimate of drug-likeness (QED) is 0.530. The SMILES string of the molecule is NC(=O)CCCCNC(=O)NCc1ccc(C(=O)O)cc1. The molecule has 0 unspecified atom stereocenters. The second-order valence-corrected chi connectivity index (χ2v) is 4.53. The van der Waals surface area contributed by atoms with E-state index in [0.717, 1.165) is 5.56 Å². The summed E-state index contributed by atoms with van der Waals surface area (Å²) in [5.41, 5.74) is 6.02. The van der Waals surface area contributed by atoms with Gasteiger partial charge in [0.1, 0.15) is 0 Å². The third-order valence-corrected chi connectivity index (χ3v) is 2.79. The van der Waals surface area contributed by atoms with Crippen molar-refractivity contribution in [2.75, 3.05) is 6.54 Å². The number of amides is 3. The summed E-state index contributed by atoms with van der Waals surface area (Å²) in [5, 5.41) is 14.1. The van der Waals surface area contributed by atoms with Crippen LogP contribution in [0, 0.1) is 0 Å². The Morgan fingerprint density at radius 2 is 1.71 bits per heavy atom. The first-order valence-corrected chi connectivity index (χ1v) is 6.61. The van der Waals surface area contributed by atoms with Crippen molar-refractivity contribution < 1.29 is 19.5 Å². The first-order valence-electron chi connectivity index (χ1n) is 6.61. The Hall–Kier alpha value is -2.57. The standard InChI is InChI=1S/C14H19N3O4/c15-12(18)3-1-2-8-16-14(21)17-9-10-4-6-11(7-5-10)13(19)20/h4-7H,1-3,8-9H2,(H2,15,18)(H,19,20)(H2,16,17,21). The van der Waals surface area contributed by atoms with E-state index in [1.165, 1.54) is 12.1 Å². The molecule has 1 rings (SSSR count). The predicted octanol–water partition coefficient (Wildman–Crippen LogP) is 0.840. The molecular formula is C14H19N3O4. The molecule has 0 bridgehead atoms. The normalized spacial score (nSPS) is 9.90. The van der Waals surface area contributed by atoms with Crippen LogP contribution in [0.3, 0.4) is 0 Å². The van der Waals surface area contributed by atoms with Crippen LogP contribution in [0.25, 0.3) is 0 Å². The molecule has 0 aliphatic rings. The number of carboxylic acids is 1. The number of benzene rings is 1. The monoisotopic (exact) mass is 293 g/mol. The summed E-state index contributed by atoms with van der Waals surface area (Å²) in [7, 11) is 0. The van der Waals surface area contributed by atoms with Crippen LogP contribution in [0.5, 0.6) is 0 Å². The number of hydrogen-bond acceptors (Lipinski definition) is 3. The van der Waals surface area contributed by atoms with Gasteiger partial charge in [0.15, 0.2) is 0 Å². The number of nitrogens with two attached hydrogens (primary N) is 1. The number of aromatic carboxylic acids is 1. The van der Waals surface area contributed by atoms with Gasteiger partial charge in [-0.2, -0.15) is 0 Å². The summed E-state index contributed by atoms with van der Waals surface area (Å²) >= 11 is 0. The number of unbranched alkanes of at least 4 members (excludes halogenated alkanes) is 1. The summed E-state index contributed by atoms with van der Waals surface area (Å²) in [4.78, 5) is 32.7. The van der Waals surface area contributed by atoms with Gasteiger partial charge in [-0.15, -0.1) is 0 Å². The lowest BCUT2D eigenvalue weighted by atomic mass is 10.1. The van der Waals surface area contributed by atoms with Crippen LogP contribution in [0.2, 0.25) is 0 Å². The van der Waals surface area contributed by atoms with E-state index in [1.54, 1.807) is 12.1 Å². The molecule has 0 aromatic heterocycles. The Bertz CT molecular complexity index is 499. The van der Waals surface area contributed by atoms with Crippen LogP contribution in [0.4, 0.5) is 4.79 Å². The van der Waals surface area contributed by atoms with Crippen LogP contribution in [-0.2, 0) is 11.3 Å². The number of primary amides is 1. The second kappa shape index (κ2) is 8.57. The highest BCUT2D eigenvalue weighted by molar-refractivity contribution is 5.87. The first kappa shape index (κ1) is 16.5.